The molecule has 0 aliphatic carbocycles. The number of carbonyl (C=O) groups excluding carboxylic acids is 1. The van der Waals surface area contributed by atoms with Gasteiger partial charge < -0.3 is 10.1 Å². The molecule has 0 aliphatic heterocycles. The van der Waals surface area contributed by atoms with Crippen molar-refractivity contribution in [2.45, 2.75) is 18.2 Å². The predicted octanol–water partition coefficient (Wildman–Crippen LogP) is 4.26. The number of hydrogen-bond donors (Lipinski definition) is 1. The zero-order valence-electron chi connectivity index (χ0n) is 12.6. The number of amides is 1. The van der Waals surface area contributed by atoms with Crippen molar-refractivity contribution < 1.29 is 13.9 Å². The topological polar surface area (TPSA) is 38.3 Å². The van der Waals surface area contributed by atoms with Crippen LogP contribution in [0.2, 0.25) is 0 Å². The van der Waals surface area contributed by atoms with E-state index in [9.17, 15) is 9.18 Å². The van der Waals surface area contributed by atoms with Crippen LogP contribution in [0.5, 0.6) is 5.75 Å². The van der Waals surface area contributed by atoms with Gasteiger partial charge in [0.15, 0.2) is 0 Å². The van der Waals surface area contributed by atoms with Crippen LogP contribution >= 0.6 is 11.8 Å². The molecule has 0 aliphatic rings. The lowest BCUT2D eigenvalue weighted by Crippen LogP contribution is -2.12. The van der Waals surface area contributed by atoms with Gasteiger partial charge in [-0.25, -0.2) is 4.39 Å². The summed E-state index contributed by atoms with van der Waals surface area (Å²) >= 11 is 1.59. The van der Waals surface area contributed by atoms with E-state index < -0.39 is 0 Å². The number of ether oxygens (including phenoxy) is 1. The van der Waals surface area contributed by atoms with E-state index in [1.54, 1.807) is 37.9 Å². The molecule has 5 heteroatoms. The number of benzene rings is 2. The van der Waals surface area contributed by atoms with Gasteiger partial charge in [0.25, 0.3) is 0 Å². The number of methoxy groups -OCH3 is 1. The van der Waals surface area contributed by atoms with Crippen LogP contribution < -0.4 is 10.1 Å². The molecule has 22 heavy (non-hydrogen) atoms. The third-order valence-corrected chi connectivity index (χ3v) is 4.13. The fourth-order valence-electron chi connectivity index (χ4n) is 1.83. The predicted molar refractivity (Wildman–Crippen MR) is 88.1 cm³/mol. The summed E-state index contributed by atoms with van der Waals surface area (Å²) in [5.41, 5.74) is 1.05. The largest absolute Gasteiger partial charge is 0.497 e. The number of thioether (sulfide) groups is 1. The highest BCUT2D eigenvalue weighted by Gasteiger charge is 2.05. The Kier molecular flexibility index (Phi) is 5.83. The molecule has 0 aromatic heterocycles. The van der Waals surface area contributed by atoms with E-state index in [0.717, 1.165) is 10.6 Å². The molecule has 2 rings (SSSR count). The minimum Gasteiger partial charge on any atom is -0.497 e. The Morgan fingerprint density at radius 2 is 1.95 bits per heavy atom. The van der Waals surface area contributed by atoms with Crippen molar-refractivity contribution in [3.05, 3.63) is 53.8 Å². The van der Waals surface area contributed by atoms with Gasteiger partial charge in [-0.05, 0) is 48.9 Å². The van der Waals surface area contributed by atoms with Crippen LogP contribution in [-0.2, 0) is 4.79 Å². The van der Waals surface area contributed by atoms with Gasteiger partial charge in [-0.2, -0.15) is 0 Å². The maximum atomic E-state index is 13.4. The summed E-state index contributed by atoms with van der Waals surface area (Å²) in [7, 11) is 1.63. The van der Waals surface area contributed by atoms with E-state index in [2.05, 4.69) is 5.32 Å². The first kappa shape index (κ1) is 16.4. The molecule has 1 N–H and O–H groups in total. The summed E-state index contributed by atoms with van der Waals surface area (Å²) < 4.78 is 18.5. The molecule has 0 radical (unpaired) electrons. The summed E-state index contributed by atoms with van der Waals surface area (Å²) in [5, 5.41) is 2.70. The molecule has 1 amide bonds. The second kappa shape index (κ2) is 7.84. The summed E-state index contributed by atoms with van der Waals surface area (Å²) in [4.78, 5) is 12.9. The van der Waals surface area contributed by atoms with Crippen molar-refractivity contribution in [3.63, 3.8) is 0 Å². The van der Waals surface area contributed by atoms with Gasteiger partial charge in [0.2, 0.25) is 5.91 Å². The van der Waals surface area contributed by atoms with Gasteiger partial charge in [-0.15, -0.1) is 11.8 Å². The normalized spacial score (nSPS) is 10.3. The molecule has 0 atom stereocenters. The van der Waals surface area contributed by atoms with E-state index in [-0.39, 0.29) is 11.7 Å². The van der Waals surface area contributed by atoms with E-state index in [1.807, 2.05) is 24.3 Å². The van der Waals surface area contributed by atoms with Gasteiger partial charge in [-0.1, -0.05) is 6.07 Å². The molecular weight excluding hydrogens is 301 g/mol. The zero-order valence-corrected chi connectivity index (χ0v) is 13.4. The lowest BCUT2D eigenvalue weighted by atomic mass is 10.2. The Hall–Kier alpha value is -2.01. The molecule has 0 bridgehead atoms. The molecule has 0 heterocycles. The monoisotopic (exact) mass is 319 g/mol. The van der Waals surface area contributed by atoms with E-state index in [0.29, 0.717) is 23.4 Å². The highest BCUT2D eigenvalue weighted by Crippen LogP contribution is 2.22. The van der Waals surface area contributed by atoms with Crippen LogP contribution in [0.3, 0.4) is 0 Å². The highest BCUT2D eigenvalue weighted by molar-refractivity contribution is 7.99. The Balaban J connectivity index is 1.78. The molecule has 116 valence electrons. The zero-order chi connectivity index (χ0) is 15.9. The second-order valence-corrected chi connectivity index (χ2v) is 5.95. The standard InChI is InChI=1S/C17H18FNO2S/c1-12-3-4-13(11-16(12)18)19-17(20)9-10-22-15-7-5-14(21-2)6-8-15/h3-8,11H,9-10H2,1-2H3,(H,19,20). The summed E-state index contributed by atoms with van der Waals surface area (Å²) in [6.45, 7) is 1.69. The molecular formula is C17H18FNO2S. The van der Waals surface area contributed by atoms with Gasteiger partial charge >= 0.3 is 0 Å². The van der Waals surface area contributed by atoms with Crippen LogP contribution in [0, 0.1) is 12.7 Å². The number of rotatable bonds is 6. The summed E-state index contributed by atoms with van der Waals surface area (Å²) in [6, 6.07) is 12.4. The van der Waals surface area contributed by atoms with Crippen LogP contribution in [0.25, 0.3) is 0 Å². The summed E-state index contributed by atoms with van der Waals surface area (Å²) in [6.07, 6.45) is 0.367. The Morgan fingerprint density at radius 3 is 2.59 bits per heavy atom. The quantitative estimate of drug-likeness (QED) is 0.808. The number of anilines is 1. The average Bonchev–Trinajstić information content (AvgIpc) is 2.51. The van der Waals surface area contributed by atoms with Crippen molar-refractivity contribution in [1.29, 1.82) is 0 Å². The van der Waals surface area contributed by atoms with Crippen LogP contribution in [0.1, 0.15) is 12.0 Å². The average molecular weight is 319 g/mol. The van der Waals surface area contributed by atoms with E-state index in [1.165, 1.54) is 6.07 Å². The number of carbonyl (C=O) groups is 1. The molecule has 0 fully saturated rings. The SMILES string of the molecule is COc1ccc(SCCC(=O)Nc2ccc(C)c(F)c2)cc1. The van der Waals surface area contributed by atoms with Gasteiger partial charge in [-0.3, -0.25) is 4.79 Å². The lowest BCUT2D eigenvalue weighted by Gasteiger charge is -2.07. The highest BCUT2D eigenvalue weighted by atomic mass is 32.2. The Morgan fingerprint density at radius 1 is 1.23 bits per heavy atom. The van der Waals surface area contributed by atoms with E-state index in [4.69, 9.17) is 4.74 Å². The Bertz CT molecular complexity index is 644. The molecule has 0 spiro atoms. The van der Waals surface area contributed by atoms with Crippen molar-refractivity contribution in [2.24, 2.45) is 0 Å². The minimum absolute atomic E-state index is 0.121. The first-order valence-corrected chi connectivity index (χ1v) is 7.90. The third-order valence-electron chi connectivity index (χ3n) is 3.11. The molecule has 3 nitrogen and oxygen atoms in total. The molecule has 2 aromatic carbocycles. The van der Waals surface area contributed by atoms with Crippen LogP contribution in [-0.4, -0.2) is 18.8 Å². The van der Waals surface area contributed by atoms with Gasteiger partial charge in [0, 0.05) is 22.8 Å². The first-order chi connectivity index (χ1) is 10.6. The lowest BCUT2D eigenvalue weighted by molar-refractivity contribution is -0.115. The first-order valence-electron chi connectivity index (χ1n) is 6.91. The molecule has 0 unspecified atom stereocenters. The van der Waals surface area contributed by atoms with Crippen LogP contribution in [0.4, 0.5) is 10.1 Å². The molecule has 0 saturated heterocycles. The van der Waals surface area contributed by atoms with Gasteiger partial charge in [0.1, 0.15) is 11.6 Å². The molecule has 2 aromatic rings. The fourth-order valence-corrected chi connectivity index (χ4v) is 2.68. The smallest absolute Gasteiger partial charge is 0.225 e. The van der Waals surface area contributed by atoms with Crippen molar-refractivity contribution in [3.8, 4) is 5.75 Å². The number of nitrogens with one attached hydrogen (secondary N) is 1. The van der Waals surface area contributed by atoms with Crippen molar-refractivity contribution >= 4 is 23.4 Å². The minimum atomic E-state index is -0.314. The fraction of sp³-hybridized carbons (Fsp3) is 0.235. The second-order valence-electron chi connectivity index (χ2n) is 4.79. The number of halogens is 1. The maximum absolute atomic E-state index is 13.4. The van der Waals surface area contributed by atoms with E-state index >= 15 is 0 Å². The van der Waals surface area contributed by atoms with Crippen LogP contribution in [0.15, 0.2) is 47.4 Å². The Labute approximate surface area is 133 Å². The number of aryl methyl sites for hydroxylation is 1. The summed E-state index contributed by atoms with van der Waals surface area (Å²) in [5.74, 6) is 1.03. The number of hydrogen-bond acceptors (Lipinski definition) is 3. The third kappa shape index (κ3) is 4.77. The van der Waals surface area contributed by atoms with Crippen molar-refractivity contribution in [2.75, 3.05) is 18.2 Å². The van der Waals surface area contributed by atoms with Gasteiger partial charge in [0.05, 0.1) is 7.11 Å². The maximum Gasteiger partial charge on any atom is 0.225 e. The molecule has 0 saturated carbocycles. The van der Waals surface area contributed by atoms with Crippen molar-refractivity contribution in [1.82, 2.24) is 0 Å².